The highest BCUT2D eigenvalue weighted by atomic mass is 35.5. The SMILES string of the molecule is Cc1ccc([N+](=O)[O-])c(C(=O)Nc2ccc(Cl)cn2)c1. The number of anilines is 1. The van der Waals surface area contributed by atoms with Crippen LogP contribution in [-0.4, -0.2) is 15.8 Å². The van der Waals surface area contributed by atoms with Crippen LogP contribution in [0.3, 0.4) is 0 Å². The van der Waals surface area contributed by atoms with Crippen molar-refractivity contribution in [3.05, 3.63) is 62.8 Å². The molecule has 1 amide bonds. The summed E-state index contributed by atoms with van der Waals surface area (Å²) in [6, 6.07) is 7.43. The zero-order chi connectivity index (χ0) is 14.7. The molecule has 0 saturated carbocycles. The van der Waals surface area contributed by atoms with Gasteiger partial charge in [-0.05, 0) is 30.7 Å². The molecule has 0 spiro atoms. The summed E-state index contributed by atoms with van der Waals surface area (Å²) >= 11 is 5.69. The number of carbonyl (C=O) groups excluding carboxylic acids is 1. The molecule has 7 heteroatoms. The van der Waals surface area contributed by atoms with Crippen LogP contribution in [0.4, 0.5) is 11.5 Å². The molecular weight excluding hydrogens is 282 g/mol. The maximum atomic E-state index is 12.1. The number of aromatic nitrogens is 1. The topological polar surface area (TPSA) is 85.1 Å². The predicted octanol–water partition coefficient (Wildman–Crippen LogP) is 3.20. The van der Waals surface area contributed by atoms with E-state index >= 15 is 0 Å². The highest BCUT2D eigenvalue weighted by Gasteiger charge is 2.20. The van der Waals surface area contributed by atoms with E-state index in [1.165, 1.54) is 24.4 Å². The molecule has 6 nitrogen and oxygen atoms in total. The number of nitrogens with one attached hydrogen (secondary N) is 1. The summed E-state index contributed by atoms with van der Waals surface area (Å²) < 4.78 is 0. The molecule has 1 aromatic carbocycles. The minimum Gasteiger partial charge on any atom is -0.306 e. The number of aryl methyl sites for hydroxylation is 1. The summed E-state index contributed by atoms with van der Waals surface area (Å²) in [5, 5.41) is 13.9. The summed E-state index contributed by atoms with van der Waals surface area (Å²) in [5.41, 5.74) is 0.499. The second-order valence-electron chi connectivity index (χ2n) is 4.09. The number of amides is 1. The van der Waals surface area contributed by atoms with Crippen LogP contribution in [0.2, 0.25) is 5.02 Å². The van der Waals surface area contributed by atoms with E-state index in [-0.39, 0.29) is 17.1 Å². The Labute approximate surface area is 119 Å². The van der Waals surface area contributed by atoms with Gasteiger partial charge in [0.05, 0.1) is 9.95 Å². The van der Waals surface area contributed by atoms with Crippen LogP contribution < -0.4 is 5.32 Å². The highest BCUT2D eigenvalue weighted by molar-refractivity contribution is 6.30. The predicted molar refractivity (Wildman–Crippen MR) is 75.0 cm³/mol. The average molecular weight is 292 g/mol. The molecule has 0 aliphatic carbocycles. The van der Waals surface area contributed by atoms with Crippen LogP contribution in [0.5, 0.6) is 0 Å². The van der Waals surface area contributed by atoms with E-state index in [4.69, 9.17) is 11.6 Å². The Morgan fingerprint density at radius 1 is 1.35 bits per heavy atom. The molecule has 2 rings (SSSR count). The van der Waals surface area contributed by atoms with E-state index in [1.54, 1.807) is 19.1 Å². The zero-order valence-corrected chi connectivity index (χ0v) is 11.2. The number of nitro groups is 1. The lowest BCUT2D eigenvalue weighted by Gasteiger charge is -2.06. The molecule has 0 bridgehead atoms. The van der Waals surface area contributed by atoms with Gasteiger partial charge in [0.2, 0.25) is 0 Å². The summed E-state index contributed by atoms with van der Waals surface area (Å²) in [7, 11) is 0. The Bertz CT molecular complexity index is 671. The van der Waals surface area contributed by atoms with Gasteiger partial charge in [0, 0.05) is 12.3 Å². The van der Waals surface area contributed by atoms with Crippen molar-refractivity contribution in [2.24, 2.45) is 0 Å². The molecule has 0 unspecified atom stereocenters. The lowest BCUT2D eigenvalue weighted by Crippen LogP contribution is -2.15. The minimum atomic E-state index is -0.594. The third kappa shape index (κ3) is 3.10. The number of nitro benzene ring substituents is 1. The molecule has 2 aromatic rings. The fourth-order valence-electron chi connectivity index (χ4n) is 1.62. The lowest BCUT2D eigenvalue weighted by molar-refractivity contribution is -0.385. The molecule has 20 heavy (non-hydrogen) atoms. The van der Waals surface area contributed by atoms with Gasteiger partial charge in [-0.1, -0.05) is 17.7 Å². The molecule has 1 heterocycles. The molecule has 0 atom stereocenters. The quantitative estimate of drug-likeness (QED) is 0.695. The smallest absolute Gasteiger partial charge is 0.282 e. The average Bonchev–Trinajstić information content (AvgIpc) is 2.41. The standard InChI is InChI=1S/C13H10ClN3O3/c1-8-2-4-11(17(19)20)10(6-8)13(18)16-12-5-3-9(14)7-15-12/h2-7H,1H3,(H,15,16,18). The van der Waals surface area contributed by atoms with Gasteiger partial charge < -0.3 is 5.32 Å². The molecule has 1 aromatic heterocycles. The maximum absolute atomic E-state index is 12.1. The number of hydrogen-bond acceptors (Lipinski definition) is 4. The van der Waals surface area contributed by atoms with Crippen molar-refractivity contribution >= 4 is 29.0 Å². The summed E-state index contributed by atoms with van der Waals surface area (Å²) in [6.45, 7) is 1.75. The highest BCUT2D eigenvalue weighted by Crippen LogP contribution is 2.21. The maximum Gasteiger partial charge on any atom is 0.282 e. The second-order valence-corrected chi connectivity index (χ2v) is 4.53. The number of benzene rings is 1. The Kier molecular flexibility index (Phi) is 3.95. The summed E-state index contributed by atoms with van der Waals surface area (Å²) in [5.74, 6) is -0.314. The molecular formula is C13H10ClN3O3. The van der Waals surface area contributed by atoms with Crippen molar-refractivity contribution in [2.75, 3.05) is 5.32 Å². The van der Waals surface area contributed by atoms with Crippen LogP contribution in [0.1, 0.15) is 15.9 Å². The largest absolute Gasteiger partial charge is 0.306 e. The van der Waals surface area contributed by atoms with Crippen molar-refractivity contribution in [1.29, 1.82) is 0 Å². The minimum absolute atomic E-state index is 0.00764. The van der Waals surface area contributed by atoms with Gasteiger partial charge in [-0.15, -0.1) is 0 Å². The number of pyridine rings is 1. The number of halogens is 1. The van der Waals surface area contributed by atoms with E-state index in [2.05, 4.69) is 10.3 Å². The Hall–Kier alpha value is -2.47. The van der Waals surface area contributed by atoms with Gasteiger partial charge in [0.25, 0.3) is 11.6 Å². The number of carbonyl (C=O) groups is 1. The van der Waals surface area contributed by atoms with E-state index in [0.717, 1.165) is 5.56 Å². The van der Waals surface area contributed by atoms with Crippen LogP contribution in [0.25, 0.3) is 0 Å². The van der Waals surface area contributed by atoms with Gasteiger partial charge in [0.15, 0.2) is 0 Å². The molecule has 102 valence electrons. The fourth-order valence-corrected chi connectivity index (χ4v) is 1.74. The molecule has 0 fully saturated rings. The van der Waals surface area contributed by atoms with Crippen LogP contribution >= 0.6 is 11.6 Å². The van der Waals surface area contributed by atoms with Gasteiger partial charge in [-0.2, -0.15) is 0 Å². The van der Waals surface area contributed by atoms with E-state index in [1.807, 2.05) is 0 Å². The first kappa shape index (κ1) is 14.0. The molecule has 1 N–H and O–H groups in total. The normalized spacial score (nSPS) is 10.1. The third-order valence-electron chi connectivity index (χ3n) is 2.56. The lowest BCUT2D eigenvalue weighted by atomic mass is 10.1. The van der Waals surface area contributed by atoms with Crippen molar-refractivity contribution in [3.63, 3.8) is 0 Å². The van der Waals surface area contributed by atoms with E-state index < -0.39 is 10.8 Å². The monoisotopic (exact) mass is 291 g/mol. The Morgan fingerprint density at radius 3 is 2.70 bits per heavy atom. The molecule has 0 radical (unpaired) electrons. The second kappa shape index (κ2) is 5.66. The number of rotatable bonds is 3. The summed E-state index contributed by atoms with van der Waals surface area (Å²) in [6.07, 6.45) is 1.38. The van der Waals surface area contributed by atoms with E-state index in [0.29, 0.717) is 5.02 Å². The Balaban J connectivity index is 2.31. The van der Waals surface area contributed by atoms with Crippen molar-refractivity contribution in [3.8, 4) is 0 Å². The number of hydrogen-bond donors (Lipinski definition) is 1. The molecule has 0 saturated heterocycles. The first-order valence-electron chi connectivity index (χ1n) is 5.65. The van der Waals surface area contributed by atoms with Crippen molar-refractivity contribution in [2.45, 2.75) is 6.92 Å². The third-order valence-corrected chi connectivity index (χ3v) is 2.79. The van der Waals surface area contributed by atoms with Crippen LogP contribution in [-0.2, 0) is 0 Å². The number of nitrogens with zero attached hydrogens (tertiary/aromatic N) is 2. The first-order chi connectivity index (χ1) is 9.47. The van der Waals surface area contributed by atoms with Crippen LogP contribution in [0.15, 0.2) is 36.5 Å². The van der Waals surface area contributed by atoms with E-state index in [9.17, 15) is 14.9 Å². The molecule has 0 aliphatic heterocycles. The summed E-state index contributed by atoms with van der Waals surface area (Å²) in [4.78, 5) is 26.3. The van der Waals surface area contributed by atoms with Gasteiger partial charge in [-0.3, -0.25) is 14.9 Å². The van der Waals surface area contributed by atoms with Crippen molar-refractivity contribution in [1.82, 2.24) is 4.98 Å². The molecule has 0 aliphatic rings. The van der Waals surface area contributed by atoms with Gasteiger partial charge in [0.1, 0.15) is 11.4 Å². The Morgan fingerprint density at radius 2 is 2.10 bits per heavy atom. The van der Waals surface area contributed by atoms with Gasteiger partial charge >= 0.3 is 0 Å². The van der Waals surface area contributed by atoms with Gasteiger partial charge in [-0.25, -0.2) is 4.98 Å². The van der Waals surface area contributed by atoms with Crippen molar-refractivity contribution < 1.29 is 9.72 Å². The van der Waals surface area contributed by atoms with Crippen LogP contribution in [0, 0.1) is 17.0 Å². The first-order valence-corrected chi connectivity index (χ1v) is 6.03. The fraction of sp³-hybridized carbons (Fsp3) is 0.0769. The zero-order valence-electron chi connectivity index (χ0n) is 10.5.